The van der Waals surface area contributed by atoms with Crippen LogP contribution >= 0.6 is 0 Å². The third-order valence-corrected chi connectivity index (χ3v) is 13.1. The van der Waals surface area contributed by atoms with E-state index in [1.165, 1.54) is 30.5 Å². The van der Waals surface area contributed by atoms with Crippen LogP contribution in [0.4, 0.5) is 0 Å². The number of fused-ring (bicyclic) bond motifs is 2. The first-order valence-corrected chi connectivity index (χ1v) is 17.0. The number of aliphatic carboxylic acids is 1. The second-order valence-electron chi connectivity index (χ2n) is 16.0. The highest BCUT2D eigenvalue weighted by Gasteiger charge is 2.82. The predicted molar refractivity (Wildman–Crippen MR) is 164 cm³/mol. The van der Waals surface area contributed by atoms with Crippen LogP contribution in [-0.2, 0) is 21.4 Å². The molecule has 2 aliphatic heterocycles. The predicted octanol–water partition coefficient (Wildman–Crippen LogP) is 5.12. The number of rotatable bonds is 9. The van der Waals surface area contributed by atoms with Crippen LogP contribution in [0.25, 0.3) is 0 Å². The van der Waals surface area contributed by atoms with Gasteiger partial charge in [-0.25, -0.2) is 0 Å². The number of ether oxygens (including phenoxy) is 2. The Morgan fingerprint density at radius 1 is 1.14 bits per heavy atom. The Balaban J connectivity index is 0.000000321. The van der Waals surface area contributed by atoms with Gasteiger partial charge in [0.25, 0.3) is 0 Å². The van der Waals surface area contributed by atoms with E-state index in [0.29, 0.717) is 11.8 Å². The number of hydrogen-bond acceptors (Lipinski definition) is 7. The maximum atomic E-state index is 12.2. The number of aromatic hydroxyl groups is 1. The summed E-state index contributed by atoms with van der Waals surface area (Å²) in [5.41, 5.74) is 0.783. The molecule has 0 unspecified atom stereocenters. The van der Waals surface area contributed by atoms with Crippen molar-refractivity contribution in [3.8, 4) is 11.5 Å². The average Bonchev–Trinajstić information content (AvgIpc) is 3.70. The molecule has 2 spiro atoms. The van der Waals surface area contributed by atoms with Gasteiger partial charge in [0.1, 0.15) is 11.7 Å². The standard InChI is InChI=1S/C29H41NO4.C7H14O2/c1-25(2,3)26(4,32)20-15-27-10-11-29(20,33-5)24-28(27)12-13-30(16-17-6-7-17)21(27)14-18-8-9-19(31)23(34-24)22(18)28;1-2-3-4-5-6-7(8)9/h8-9,17,20-21,24,31-32H,6-7,10-16H2,1-5H3;2-6H2,1H3,(H,8,9)/p-1/t20-,21-,24-,26+,27-,28+,29+;/m1./s1. The highest BCUT2D eigenvalue weighted by molar-refractivity contribution is 5.64. The molecule has 2 heterocycles. The Labute approximate surface area is 258 Å². The van der Waals surface area contributed by atoms with E-state index in [1.54, 1.807) is 0 Å². The number of nitrogens with zero attached hydrogens (tertiary/aromatic N) is 1. The van der Waals surface area contributed by atoms with Crippen LogP contribution in [0.15, 0.2) is 12.1 Å². The second-order valence-corrected chi connectivity index (χ2v) is 16.0. The van der Waals surface area contributed by atoms with Gasteiger partial charge in [-0.2, -0.15) is 0 Å². The van der Waals surface area contributed by atoms with Crippen molar-refractivity contribution in [3.63, 3.8) is 0 Å². The number of hydrogen-bond donors (Lipinski definition) is 2. The quantitative estimate of drug-likeness (QED) is 0.382. The molecule has 0 aromatic heterocycles. The molecule has 5 fully saturated rings. The summed E-state index contributed by atoms with van der Waals surface area (Å²) in [5.74, 6) is 0.877. The normalized spacial score (nSPS) is 36.7. The van der Waals surface area contributed by atoms with E-state index in [0.717, 1.165) is 70.3 Å². The lowest BCUT2D eigenvalue weighted by atomic mass is 9.33. The molecule has 7 aliphatic rings. The van der Waals surface area contributed by atoms with E-state index < -0.39 is 17.2 Å². The number of methoxy groups -OCH3 is 1. The second kappa shape index (κ2) is 10.6. The van der Waals surface area contributed by atoms with Gasteiger partial charge in [-0.05, 0) is 94.2 Å². The summed E-state index contributed by atoms with van der Waals surface area (Å²) in [7, 11) is 1.83. The number of carbonyl (C=O) groups excluding carboxylic acids is 1. The van der Waals surface area contributed by atoms with E-state index in [4.69, 9.17) is 9.47 Å². The molecule has 5 aliphatic carbocycles. The zero-order chi connectivity index (χ0) is 31.0. The molecule has 43 heavy (non-hydrogen) atoms. The number of benzene rings is 1. The van der Waals surface area contributed by atoms with Gasteiger partial charge in [-0.3, -0.25) is 4.90 Å². The van der Waals surface area contributed by atoms with E-state index in [9.17, 15) is 20.1 Å². The van der Waals surface area contributed by atoms with Crippen LogP contribution in [0.1, 0.15) is 116 Å². The molecule has 7 heteroatoms. The van der Waals surface area contributed by atoms with Crippen LogP contribution in [0.5, 0.6) is 11.5 Å². The number of aliphatic hydroxyl groups is 1. The van der Waals surface area contributed by atoms with Gasteiger partial charge in [-0.15, -0.1) is 0 Å². The Morgan fingerprint density at radius 2 is 1.88 bits per heavy atom. The molecule has 240 valence electrons. The molecule has 8 rings (SSSR count). The molecular weight excluding hydrogens is 542 g/mol. The Bertz CT molecular complexity index is 1230. The first kappa shape index (κ1) is 31.2. The molecule has 7 nitrogen and oxygen atoms in total. The summed E-state index contributed by atoms with van der Waals surface area (Å²) in [6.07, 6.45) is 11.9. The van der Waals surface area contributed by atoms with Crippen LogP contribution in [0, 0.1) is 22.7 Å². The fraction of sp³-hybridized carbons (Fsp3) is 0.806. The number of carboxylic acid groups (broad SMARTS) is 1. The van der Waals surface area contributed by atoms with Gasteiger partial charge in [0.05, 0.1) is 5.60 Å². The summed E-state index contributed by atoms with van der Waals surface area (Å²) in [6, 6.07) is 4.46. The Kier molecular flexibility index (Phi) is 7.70. The first-order chi connectivity index (χ1) is 20.3. The Morgan fingerprint density at radius 3 is 2.51 bits per heavy atom. The van der Waals surface area contributed by atoms with E-state index in [2.05, 4.69) is 38.7 Å². The average molecular weight is 597 g/mol. The number of unbranched alkanes of at least 4 members (excludes halogenated alkanes) is 3. The first-order valence-electron chi connectivity index (χ1n) is 17.0. The molecular formula is C36H54NO6-. The van der Waals surface area contributed by atoms with Gasteiger partial charge in [0.2, 0.25) is 0 Å². The fourth-order valence-corrected chi connectivity index (χ4v) is 10.3. The van der Waals surface area contributed by atoms with Crippen molar-refractivity contribution in [1.29, 1.82) is 0 Å². The minimum Gasteiger partial charge on any atom is -0.550 e. The molecule has 4 saturated carbocycles. The van der Waals surface area contributed by atoms with Crippen molar-refractivity contribution in [2.75, 3.05) is 20.2 Å². The molecule has 7 atom stereocenters. The number of likely N-dealkylation sites (tertiary alicyclic amines) is 1. The molecule has 1 aromatic carbocycles. The van der Waals surface area contributed by atoms with Crippen LogP contribution in [-0.4, -0.2) is 64.6 Å². The molecule has 1 aromatic rings. The van der Waals surface area contributed by atoms with Gasteiger partial charge in [0, 0.05) is 48.0 Å². The molecule has 1 saturated heterocycles. The lowest BCUT2D eigenvalue weighted by molar-refractivity contribution is -0.312. The van der Waals surface area contributed by atoms with E-state index in [1.807, 2.05) is 20.1 Å². The maximum absolute atomic E-state index is 12.2. The lowest BCUT2D eigenvalue weighted by Crippen LogP contribution is -2.83. The van der Waals surface area contributed by atoms with Crippen molar-refractivity contribution in [1.82, 2.24) is 4.90 Å². The summed E-state index contributed by atoms with van der Waals surface area (Å²) < 4.78 is 13.5. The smallest absolute Gasteiger partial charge is 0.165 e. The van der Waals surface area contributed by atoms with Crippen LogP contribution in [0.2, 0.25) is 0 Å². The topological polar surface area (TPSA) is 102 Å². The molecule has 2 N–H and O–H groups in total. The summed E-state index contributed by atoms with van der Waals surface area (Å²) in [4.78, 5) is 12.7. The zero-order valence-electron chi connectivity index (χ0n) is 27.3. The number of carbonyl (C=O) groups is 1. The number of phenolic OH excluding ortho intramolecular Hbond substituents is 1. The SMILES string of the molecule is CCCCCCC(=O)[O-].CO[C@@]12CC[C@@]3(C[C@@H]1[C@](C)(O)C(C)(C)C)[C@H]1Cc4ccc(O)c5c4[C@@]3(CCN1CC1CC1)[C@H]2O5. The van der Waals surface area contributed by atoms with Crippen molar-refractivity contribution in [2.45, 2.75) is 140 Å². The lowest BCUT2D eigenvalue weighted by Gasteiger charge is -2.75. The van der Waals surface area contributed by atoms with Gasteiger partial charge < -0.3 is 29.6 Å². The van der Waals surface area contributed by atoms with E-state index in [-0.39, 0.29) is 40.4 Å². The van der Waals surface area contributed by atoms with Gasteiger partial charge >= 0.3 is 0 Å². The zero-order valence-corrected chi connectivity index (χ0v) is 27.3. The monoisotopic (exact) mass is 596 g/mol. The highest BCUT2D eigenvalue weighted by Crippen LogP contribution is 2.78. The Hall–Kier alpha value is -1.83. The van der Waals surface area contributed by atoms with Crippen molar-refractivity contribution < 1.29 is 29.6 Å². The maximum Gasteiger partial charge on any atom is 0.165 e. The third-order valence-electron chi connectivity index (χ3n) is 13.1. The molecule has 0 radical (unpaired) electrons. The summed E-state index contributed by atoms with van der Waals surface area (Å²) >= 11 is 0. The fourth-order valence-electron chi connectivity index (χ4n) is 10.3. The van der Waals surface area contributed by atoms with Gasteiger partial charge in [-0.1, -0.05) is 53.0 Å². The summed E-state index contributed by atoms with van der Waals surface area (Å²) in [6.45, 7) is 12.9. The number of carboxylic acids is 1. The van der Waals surface area contributed by atoms with Crippen molar-refractivity contribution in [2.24, 2.45) is 22.7 Å². The van der Waals surface area contributed by atoms with Crippen molar-refractivity contribution in [3.05, 3.63) is 23.3 Å². The van der Waals surface area contributed by atoms with Crippen LogP contribution in [0.3, 0.4) is 0 Å². The van der Waals surface area contributed by atoms with Crippen molar-refractivity contribution >= 4 is 5.97 Å². The number of phenols is 1. The minimum atomic E-state index is -0.925. The number of piperidine rings is 1. The van der Waals surface area contributed by atoms with E-state index >= 15 is 0 Å². The largest absolute Gasteiger partial charge is 0.550 e. The van der Waals surface area contributed by atoms with Gasteiger partial charge in [0.15, 0.2) is 11.5 Å². The highest BCUT2D eigenvalue weighted by atomic mass is 16.6. The molecule has 0 amide bonds. The third kappa shape index (κ3) is 4.41. The minimum absolute atomic E-state index is 0.0294. The summed E-state index contributed by atoms with van der Waals surface area (Å²) in [5, 5.41) is 33.0. The molecule has 4 bridgehead atoms. The van der Waals surface area contributed by atoms with Crippen LogP contribution < -0.4 is 9.84 Å².